The van der Waals surface area contributed by atoms with Crippen LogP contribution in [0.4, 0.5) is 0 Å². The van der Waals surface area contributed by atoms with Crippen LogP contribution in [0.25, 0.3) is 0 Å². The minimum atomic E-state index is -1.82. The van der Waals surface area contributed by atoms with Crippen molar-refractivity contribution in [3.05, 3.63) is 52.5 Å². The minimum absolute atomic E-state index is 0.661. The van der Waals surface area contributed by atoms with Crippen LogP contribution in [0, 0.1) is 0 Å². The highest BCUT2D eigenvalue weighted by Crippen LogP contribution is 2.34. The molecule has 0 radical (unpaired) electrons. The van der Waals surface area contributed by atoms with Crippen LogP contribution >= 0.6 is 11.6 Å². The van der Waals surface area contributed by atoms with Crippen LogP contribution < -0.4 is 19.5 Å². The van der Waals surface area contributed by atoms with Crippen molar-refractivity contribution in [3.63, 3.8) is 0 Å². The van der Waals surface area contributed by atoms with Gasteiger partial charge in [-0.3, -0.25) is 0 Å². The average Bonchev–Trinajstić information content (AvgIpc) is 2.72. The first-order chi connectivity index (χ1) is 13.8. The van der Waals surface area contributed by atoms with Gasteiger partial charge in [0.15, 0.2) is 11.5 Å². The Bertz CT molecular complexity index is 797. The second-order valence-electron chi connectivity index (χ2n) is 5.68. The van der Waals surface area contributed by atoms with Crippen LogP contribution in [0.1, 0.15) is 11.1 Å². The third-order valence-electron chi connectivity index (χ3n) is 3.79. The summed E-state index contributed by atoms with van der Waals surface area (Å²) < 4.78 is 16.1. The number of rotatable bonds is 8. The van der Waals surface area contributed by atoms with Gasteiger partial charge >= 0.3 is 11.9 Å². The van der Waals surface area contributed by atoms with Crippen molar-refractivity contribution in [2.24, 2.45) is 0 Å². The Balaban J connectivity index is 0.000000612. The molecule has 0 spiro atoms. The van der Waals surface area contributed by atoms with Gasteiger partial charge in [0.25, 0.3) is 0 Å². The molecule has 0 heterocycles. The lowest BCUT2D eigenvalue weighted by Crippen LogP contribution is -2.17. The van der Waals surface area contributed by atoms with Crippen molar-refractivity contribution in [3.8, 4) is 17.2 Å². The number of hydrogen-bond acceptors (Lipinski definition) is 6. The highest BCUT2D eigenvalue weighted by molar-refractivity contribution is 6.30. The van der Waals surface area contributed by atoms with Crippen LogP contribution in [0.5, 0.6) is 17.2 Å². The zero-order valence-electron chi connectivity index (χ0n) is 16.4. The van der Waals surface area contributed by atoms with Gasteiger partial charge in [-0.25, -0.2) is 9.59 Å². The van der Waals surface area contributed by atoms with E-state index in [0.29, 0.717) is 18.0 Å². The standard InChI is InChI=1S/C18H22ClNO3.C2H2O4/c1-21-16-11-18(23-3)17(22-2)10-14(16)12-20-9-8-13-4-6-15(19)7-5-13;3-1(4)2(5)6/h4-7,10-11,20H,8-9,12H2,1-3H3;(H,3,4)(H,5,6). The third-order valence-corrected chi connectivity index (χ3v) is 4.04. The zero-order valence-corrected chi connectivity index (χ0v) is 17.2. The van der Waals surface area contributed by atoms with Gasteiger partial charge < -0.3 is 29.7 Å². The highest BCUT2D eigenvalue weighted by atomic mass is 35.5. The largest absolute Gasteiger partial charge is 0.496 e. The van der Waals surface area contributed by atoms with Crippen LogP contribution in [-0.2, 0) is 22.6 Å². The molecular formula is C20H24ClNO7. The summed E-state index contributed by atoms with van der Waals surface area (Å²) in [5, 5.41) is 19.0. The number of ether oxygens (including phenoxy) is 3. The van der Waals surface area contributed by atoms with Crippen LogP contribution in [-0.4, -0.2) is 50.0 Å². The number of carbonyl (C=O) groups is 2. The summed E-state index contributed by atoms with van der Waals surface area (Å²) in [6.45, 7) is 1.55. The Kier molecular flexibility index (Phi) is 10.4. The molecular weight excluding hydrogens is 402 g/mol. The van der Waals surface area contributed by atoms with Gasteiger partial charge in [0.2, 0.25) is 0 Å². The lowest BCUT2D eigenvalue weighted by Gasteiger charge is -2.14. The molecule has 2 aromatic carbocycles. The Hall–Kier alpha value is -2.97. The quantitative estimate of drug-likeness (QED) is 0.437. The van der Waals surface area contributed by atoms with E-state index in [4.69, 9.17) is 45.6 Å². The Labute approximate surface area is 174 Å². The van der Waals surface area contributed by atoms with Crippen molar-refractivity contribution < 1.29 is 34.0 Å². The Morgan fingerprint density at radius 3 is 1.90 bits per heavy atom. The number of halogens is 1. The first kappa shape index (κ1) is 24.1. The molecule has 0 amide bonds. The predicted molar refractivity (Wildman–Crippen MR) is 108 cm³/mol. The topological polar surface area (TPSA) is 114 Å². The van der Waals surface area contributed by atoms with Crippen molar-refractivity contribution >= 4 is 23.5 Å². The second-order valence-corrected chi connectivity index (χ2v) is 6.12. The summed E-state index contributed by atoms with van der Waals surface area (Å²) >= 11 is 5.89. The van der Waals surface area contributed by atoms with E-state index in [1.807, 2.05) is 36.4 Å². The van der Waals surface area contributed by atoms with Crippen molar-refractivity contribution in [2.45, 2.75) is 13.0 Å². The second kappa shape index (κ2) is 12.5. The SMILES string of the molecule is COc1cc(OC)c(OC)cc1CNCCc1ccc(Cl)cc1.O=C(O)C(=O)O. The number of carboxylic acid groups (broad SMARTS) is 2. The molecule has 0 saturated carbocycles. The van der Waals surface area contributed by atoms with E-state index in [9.17, 15) is 0 Å². The highest BCUT2D eigenvalue weighted by Gasteiger charge is 2.11. The molecule has 0 unspecified atom stereocenters. The van der Waals surface area contributed by atoms with Gasteiger partial charge in [0.1, 0.15) is 5.75 Å². The molecule has 0 bridgehead atoms. The van der Waals surface area contributed by atoms with Crippen LogP contribution in [0.2, 0.25) is 5.02 Å². The zero-order chi connectivity index (χ0) is 21.8. The fourth-order valence-corrected chi connectivity index (χ4v) is 2.46. The monoisotopic (exact) mass is 425 g/mol. The molecule has 0 atom stereocenters. The van der Waals surface area contributed by atoms with Gasteiger partial charge in [0.05, 0.1) is 21.3 Å². The summed E-state index contributed by atoms with van der Waals surface area (Å²) in [6.07, 6.45) is 0.937. The number of benzene rings is 2. The summed E-state index contributed by atoms with van der Waals surface area (Å²) in [6, 6.07) is 11.7. The van der Waals surface area contributed by atoms with Gasteiger partial charge in [-0.1, -0.05) is 23.7 Å². The van der Waals surface area contributed by atoms with Gasteiger partial charge in [0, 0.05) is 23.2 Å². The molecule has 2 rings (SSSR count). The van der Waals surface area contributed by atoms with E-state index in [1.54, 1.807) is 21.3 Å². The fourth-order valence-electron chi connectivity index (χ4n) is 2.34. The average molecular weight is 426 g/mol. The maximum absolute atomic E-state index is 9.10. The van der Waals surface area contributed by atoms with Gasteiger partial charge in [-0.2, -0.15) is 0 Å². The molecule has 0 aliphatic rings. The van der Waals surface area contributed by atoms with E-state index in [-0.39, 0.29) is 0 Å². The number of methoxy groups -OCH3 is 3. The number of nitrogens with one attached hydrogen (secondary N) is 1. The lowest BCUT2D eigenvalue weighted by atomic mass is 10.1. The smallest absolute Gasteiger partial charge is 0.414 e. The normalized spacial score (nSPS) is 9.79. The van der Waals surface area contributed by atoms with Gasteiger partial charge in [-0.15, -0.1) is 0 Å². The van der Waals surface area contributed by atoms with E-state index in [0.717, 1.165) is 29.3 Å². The number of carboxylic acids is 2. The fraction of sp³-hybridized carbons (Fsp3) is 0.300. The predicted octanol–water partition coefficient (Wildman–Crippen LogP) is 2.85. The molecule has 0 aromatic heterocycles. The minimum Gasteiger partial charge on any atom is -0.496 e. The summed E-state index contributed by atoms with van der Waals surface area (Å²) in [5.41, 5.74) is 2.28. The lowest BCUT2D eigenvalue weighted by molar-refractivity contribution is -0.159. The molecule has 158 valence electrons. The Morgan fingerprint density at radius 1 is 0.897 bits per heavy atom. The summed E-state index contributed by atoms with van der Waals surface area (Å²) in [4.78, 5) is 18.2. The molecule has 2 aromatic rings. The van der Waals surface area contributed by atoms with Crippen LogP contribution in [0.15, 0.2) is 36.4 Å². The summed E-state index contributed by atoms with van der Waals surface area (Å²) in [7, 11) is 4.89. The number of aliphatic carboxylic acids is 2. The molecule has 0 fully saturated rings. The molecule has 0 saturated heterocycles. The van der Waals surface area contributed by atoms with Crippen LogP contribution in [0.3, 0.4) is 0 Å². The van der Waals surface area contributed by atoms with Crippen molar-refractivity contribution in [1.29, 1.82) is 0 Å². The molecule has 29 heavy (non-hydrogen) atoms. The molecule has 9 heteroatoms. The third kappa shape index (κ3) is 8.28. The summed E-state index contributed by atoms with van der Waals surface area (Å²) in [5.74, 6) is -1.51. The van der Waals surface area contributed by atoms with Crippen molar-refractivity contribution in [2.75, 3.05) is 27.9 Å². The Morgan fingerprint density at radius 2 is 1.41 bits per heavy atom. The molecule has 0 aliphatic carbocycles. The van der Waals surface area contributed by atoms with E-state index in [2.05, 4.69) is 5.32 Å². The molecule has 3 N–H and O–H groups in total. The van der Waals surface area contributed by atoms with Crippen molar-refractivity contribution in [1.82, 2.24) is 5.32 Å². The maximum atomic E-state index is 9.10. The first-order valence-corrected chi connectivity index (χ1v) is 8.90. The molecule has 0 aliphatic heterocycles. The number of hydrogen-bond donors (Lipinski definition) is 3. The van der Waals surface area contributed by atoms with E-state index in [1.165, 1.54) is 5.56 Å². The first-order valence-electron chi connectivity index (χ1n) is 8.52. The molecule has 8 nitrogen and oxygen atoms in total. The van der Waals surface area contributed by atoms with E-state index >= 15 is 0 Å². The van der Waals surface area contributed by atoms with E-state index < -0.39 is 11.9 Å². The van der Waals surface area contributed by atoms with Gasteiger partial charge in [-0.05, 0) is 36.7 Å². The maximum Gasteiger partial charge on any atom is 0.414 e.